The van der Waals surface area contributed by atoms with Crippen molar-refractivity contribution < 1.29 is 9.53 Å². The van der Waals surface area contributed by atoms with E-state index in [0.717, 1.165) is 11.5 Å². The molecule has 106 valence electrons. The molecule has 1 fully saturated rings. The van der Waals surface area contributed by atoms with E-state index in [1.165, 1.54) is 0 Å². The van der Waals surface area contributed by atoms with Crippen LogP contribution in [-0.4, -0.2) is 50.3 Å². The average Bonchev–Trinajstić information content (AvgIpc) is 3.07. The van der Waals surface area contributed by atoms with Crippen molar-refractivity contribution in [2.45, 2.75) is 13.0 Å². The van der Waals surface area contributed by atoms with Crippen LogP contribution in [0.2, 0.25) is 0 Å². The highest BCUT2D eigenvalue weighted by atomic mass is 16.5. The zero-order valence-corrected chi connectivity index (χ0v) is 11.5. The summed E-state index contributed by atoms with van der Waals surface area (Å²) in [5.41, 5.74) is 1.54. The summed E-state index contributed by atoms with van der Waals surface area (Å²) in [5, 5.41) is 4.05. The highest BCUT2D eigenvalue weighted by Gasteiger charge is 2.32. The van der Waals surface area contributed by atoms with E-state index < -0.39 is 0 Å². The maximum absolute atomic E-state index is 12.6. The number of carbonyl (C=O) groups excluding carboxylic acids is 1. The third-order valence-corrected chi connectivity index (χ3v) is 3.47. The third kappa shape index (κ3) is 2.20. The number of imidazole rings is 1. The molecule has 2 aromatic heterocycles. The molecule has 1 aliphatic heterocycles. The number of carbonyl (C=O) groups is 1. The Kier molecular flexibility index (Phi) is 3.27. The van der Waals surface area contributed by atoms with Crippen molar-refractivity contribution in [3.05, 3.63) is 35.7 Å². The van der Waals surface area contributed by atoms with Crippen molar-refractivity contribution in [1.29, 1.82) is 0 Å². The Labute approximate surface area is 116 Å². The summed E-state index contributed by atoms with van der Waals surface area (Å²) >= 11 is 0. The van der Waals surface area contributed by atoms with E-state index in [2.05, 4.69) is 15.1 Å². The predicted molar refractivity (Wildman–Crippen MR) is 71.1 cm³/mol. The van der Waals surface area contributed by atoms with Crippen LogP contribution in [0, 0.1) is 6.92 Å². The van der Waals surface area contributed by atoms with E-state index in [1.54, 1.807) is 35.1 Å². The number of hydrogen-bond donors (Lipinski definition) is 1. The minimum absolute atomic E-state index is 0.0487. The summed E-state index contributed by atoms with van der Waals surface area (Å²) < 4.78 is 7.08. The SMILES string of the molecule is Cc1cnc(C2COCCN2C(=O)c2ccnn2C)[nH]1. The molecule has 0 radical (unpaired) electrons. The van der Waals surface area contributed by atoms with Crippen LogP contribution < -0.4 is 0 Å². The van der Waals surface area contributed by atoms with Crippen LogP contribution in [0.5, 0.6) is 0 Å². The largest absolute Gasteiger partial charge is 0.377 e. The molecular weight excluding hydrogens is 258 g/mol. The number of H-pyrrole nitrogens is 1. The Morgan fingerprint density at radius 3 is 3.05 bits per heavy atom. The highest BCUT2D eigenvalue weighted by molar-refractivity contribution is 5.92. The van der Waals surface area contributed by atoms with Gasteiger partial charge in [-0.25, -0.2) is 4.98 Å². The molecule has 7 nitrogen and oxygen atoms in total. The molecule has 0 aromatic carbocycles. The molecule has 3 heterocycles. The van der Waals surface area contributed by atoms with Gasteiger partial charge in [0.2, 0.25) is 0 Å². The lowest BCUT2D eigenvalue weighted by Gasteiger charge is -2.34. The summed E-state index contributed by atoms with van der Waals surface area (Å²) in [6.07, 6.45) is 3.39. The molecule has 1 amide bonds. The van der Waals surface area contributed by atoms with Crippen LogP contribution in [0.3, 0.4) is 0 Å². The van der Waals surface area contributed by atoms with E-state index in [4.69, 9.17) is 4.74 Å². The van der Waals surface area contributed by atoms with E-state index in [-0.39, 0.29) is 11.9 Å². The van der Waals surface area contributed by atoms with Crippen molar-refractivity contribution in [3.63, 3.8) is 0 Å². The second-order valence-electron chi connectivity index (χ2n) is 4.88. The van der Waals surface area contributed by atoms with E-state index >= 15 is 0 Å². The van der Waals surface area contributed by atoms with Crippen LogP contribution in [0.4, 0.5) is 0 Å². The number of nitrogens with zero attached hydrogens (tertiary/aromatic N) is 4. The van der Waals surface area contributed by atoms with Crippen LogP contribution >= 0.6 is 0 Å². The zero-order valence-electron chi connectivity index (χ0n) is 11.5. The molecule has 0 spiro atoms. The zero-order chi connectivity index (χ0) is 14.1. The van der Waals surface area contributed by atoms with Gasteiger partial charge in [0.25, 0.3) is 5.91 Å². The first-order valence-corrected chi connectivity index (χ1v) is 6.55. The Morgan fingerprint density at radius 1 is 1.55 bits per heavy atom. The van der Waals surface area contributed by atoms with Gasteiger partial charge in [0.1, 0.15) is 17.6 Å². The first-order chi connectivity index (χ1) is 9.66. The molecule has 1 atom stereocenters. The van der Waals surface area contributed by atoms with Crippen molar-refractivity contribution in [1.82, 2.24) is 24.6 Å². The summed E-state index contributed by atoms with van der Waals surface area (Å²) in [6, 6.07) is 1.54. The van der Waals surface area contributed by atoms with Gasteiger partial charge in [-0.05, 0) is 13.0 Å². The molecule has 20 heavy (non-hydrogen) atoms. The van der Waals surface area contributed by atoms with E-state index in [1.807, 2.05) is 6.92 Å². The van der Waals surface area contributed by atoms with Gasteiger partial charge in [0, 0.05) is 31.7 Å². The van der Waals surface area contributed by atoms with Gasteiger partial charge in [0.15, 0.2) is 0 Å². The number of hydrogen-bond acceptors (Lipinski definition) is 4. The van der Waals surface area contributed by atoms with E-state index in [0.29, 0.717) is 25.5 Å². The van der Waals surface area contributed by atoms with Gasteiger partial charge < -0.3 is 14.6 Å². The second kappa shape index (κ2) is 5.09. The molecule has 1 saturated heterocycles. The Morgan fingerprint density at radius 2 is 2.40 bits per heavy atom. The number of aryl methyl sites for hydroxylation is 2. The number of ether oxygens (including phenoxy) is 1. The van der Waals surface area contributed by atoms with Gasteiger partial charge in [-0.3, -0.25) is 9.48 Å². The topological polar surface area (TPSA) is 76.0 Å². The van der Waals surface area contributed by atoms with Crippen LogP contribution in [-0.2, 0) is 11.8 Å². The number of morpholine rings is 1. The van der Waals surface area contributed by atoms with Crippen LogP contribution in [0.25, 0.3) is 0 Å². The van der Waals surface area contributed by atoms with Crippen LogP contribution in [0.15, 0.2) is 18.5 Å². The van der Waals surface area contributed by atoms with Gasteiger partial charge in [-0.15, -0.1) is 0 Å². The molecule has 2 aromatic rings. The number of aromatic amines is 1. The van der Waals surface area contributed by atoms with Gasteiger partial charge >= 0.3 is 0 Å². The molecule has 0 saturated carbocycles. The molecular formula is C13H17N5O2. The fourth-order valence-corrected chi connectivity index (χ4v) is 2.41. The van der Waals surface area contributed by atoms with Crippen molar-refractivity contribution in [2.24, 2.45) is 7.05 Å². The fourth-order valence-electron chi connectivity index (χ4n) is 2.41. The molecule has 3 rings (SSSR count). The monoisotopic (exact) mass is 275 g/mol. The smallest absolute Gasteiger partial charge is 0.272 e. The van der Waals surface area contributed by atoms with Crippen molar-refractivity contribution in [2.75, 3.05) is 19.8 Å². The number of aromatic nitrogens is 4. The molecule has 1 unspecified atom stereocenters. The maximum atomic E-state index is 12.6. The summed E-state index contributed by atoms with van der Waals surface area (Å²) in [5.74, 6) is 0.713. The standard InChI is InChI=1S/C13H17N5O2/c1-9-7-14-12(16-9)11-8-20-6-5-18(11)13(19)10-3-4-15-17(10)2/h3-4,7,11H,5-6,8H2,1-2H3,(H,14,16). The third-order valence-electron chi connectivity index (χ3n) is 3.47. The highest BCUT2D eigenvalue weighted by Crippen LogP contribution is 2.23. The van der Waals surface area contributed by atoms with Crippen molar-refractivity contribution in [3.8, 4) is 0 Å². The lowest BCUT2D eigenvalue weighted by Crippen LogP contribution is -2.44. The molecule has 7 heteroatoms. The fraction of sp³-hybridized carbons (Fsp3) is 0.462. The first-order valence-electron chi connectivity index (χ1n) is 6.55. The second-order valence-corrected chi connectivity index (χ2v) is 4.88. The minimum Gasteiger partial charge on any atom is -0.377 e. The predicted octanol–water partition coefficient (Wildman–Crippen LogP) is 0.665. The lowest BCUT2D eigenvalue weighted by atomic mass is 10.2. The normalized spacial score (nSPS) is 19.3. The minimum atomic E-state index is -0.181. The average molecular weight is 275 g/mol. The molecule has 0 aliphatic carbocycles. The lowest BCUT2D eigenvalue weighted by molar-refractivity contribution is -0.00556. The first kappa shape index (κ1) is 12.9. The quantitative estimate of drug-likeness (QED) is 0.873. The number of rotatable bonds is 2. The van der Waals surface area contributed by atoms with Gasteiger partial charge in [0.05, 0.1) is 13.2 Å². The number of amides is 1. The Hall–Kier alpha value is -2.15. The Balaban J connectivity index is 1.89. The van der Waals surface area contributed by atoms with Crippen molar-refractivity contribution >= 4 is 5.91 Å². The Bertz CT molecular complexity index is 618. The molecule has 1 aliphatic rings. The number of nitrogens with one attached hydrogen (secondary N) is 1. The maximum Gasteiger partial charge on any atom is 0.272 e. The molecule has 1 N–H and O–H groups in total. The summed E-state index contributed by atoms with van der Waals surface area (Å²) in [7, 11) is 1.76. The summed E-state index contributed by atoms with van der Waals surface area (Å²) in [4.78, 5) is 21.9. The summed E-state index contributed by atoms with van der Waals surface area (Å²) in [6.45, 7) is 3.48. The molecule has 0 bridgehead atoms. The van der Waals surface area contributed by atoms with Crippen LogP contribution in [0.1, 0.15) is 28.0 Å². The van der Waals surface area contributed by atoms with Gasteiger partial charge in [-0.2, -0.15) is 5.10 Å². The van der Waals surface area contributed by atoms with E-state index in [9.17, 15) is 4.79 Å². The van der Waals surface area contributed by atoms with Gasteiger partial charge in [-0.1, -0.05) is 0 Å².